The van der Waals surface area contributed by atoms with Gasteiger partial charge in [0.1, 0.15) is 36.3 Å². The molecule has 0 aromatic carbocycles. The second-order valence-corrected chi connectivity index (χ2v) is 16.7. The van der Waals surface area contributed by atoms with Crippen molar-refractivity contribution in [1.29, 1.82) is 0 Å². The molecule has 3 aliphatic heterocycles. The maximum Gasteiger partial charge on any atom is 0.324 e. The summed E-state index contributed by atoms with van der Waals surface area (Å²) >= 11 is 8.38. The van der Waals surface area contributed by atoms with E-state index < -0.39 is 81.2 Å². The highest BCUT2D eigenvalue weighted by Gasteiger charge is 2.52. The summed E-state index contributed by atoms with van der Waals surface area (Å²) in [6.07, 6.45) is -3.65. The Hall–Kier alpha value is -2.66. The van der Waals surface area contributed by atoms with E-state index in [1.807, 2.05) is 0 Å². The Bertz CT molecular complexity index is 1940. The van der Waals surface area contributed by atoms with Crippen molar-refractivity contribution in [2.24, 2.45) is 0 Å². The molecule has 0 spiro atoms. The zero-order chi connectivity index (χ0) is 31.8. The van der Waals surface area contributed by atoms with Crippen LogP contribution in [-0.2, 0) is 27.7 Å². The van der Waals surface area contributed by atoms with Crippen LogP contribution in [0.25, 0.3) is 22.3 Å². The predicted molar refractivity (Wildman–Crippen MR) is 161 cm³/mol. The van der Waals surface area contributed by atoms with Crippen LogP contribution >= 0.6 is 37.9 Å². The molecule has 7 heterocycles. The number of aliphatic hydroxyl groups excluding tert-OH is 2. The van der Waals surface area contributed by atoms with Crippen LogP contribution < -0.4 is 27.2 Å². The van der Waals surface area contributed by atoms with Crippen molar-refractivity contribution in [3.05, 3.63) is 29.3 Å². The smallest absolute Gasteiger partial charge is 0.324 e. The summed E-state index contributed by atoms with van der Waals surface area (Å²) in [5.41, 5.74) is 11.5. The third-order valence-electron chi connectivity index (χ3n) is 7.59. The minimum Gasteiger partial charge on any atom is -0.387 e. The largest absolute Gasteiger partial charge is 0.387 e. The van der Waals surface area contributed by atoms with E-state index in [-0.39, 0.29) is 34.1 Å². The quantitative estimate of drug-likeness (QED) is 0.0863. The Morgan fingerprint density at radius 1 is 0.844 bits per heavy atom. The molecule has 7 rings (SSSR count). The fourth-order valence-corrected chi connectivity index (χ4v) is 8.97. The van der Waals surface area contributed by atoms with Gasteiger partial charge in [0.15, 0.2) is 35.1 Å². The van der Waals surface area contributed by atoms with Gasteiger partial charge in [0.05, 0.1) is 38.0 Å². The van der Waals surface area contributed by atoms with Crippen LogP contribution in [-0.4, -0.2) is 99.0 Å². The number of nitrogens with one attached hydrogen (secondary N) is 3. The van der Waals surface area contributed by atoms with E-state index >= 15 is 0 Å². The molecule has 0 saturated carbocycles. The van der Waals surface area contributed by atoms with Crippen molar-refractivity contribution in [3.8, 4) is 0 Å². The molecule has 25 heteroatoms. The van der Waals surface area contributed by atoms with E-state index in [0.717, 1.165) is 0 Å². The lowest BCUT2D eigenvalue weighted by atomic mass is 10.1. The topological polar surface area (TPSA) is 295 Å². The number of nitrogens with zero attached hydrogens (tertiary/aromatic N) is 7. The summed E-state index contributed by atoms with van der Waals surface area (Å²) < 4.78 is 53.1. The van der Waals surface area contributed by atoms with Crippen LogP contribution in [0.15, 0.2) is 23.8 Å². The number of rotatable bonds is 2. The third kappa shape index (κ3) is 5.55. The van der Waals surface area contributed by atoms with Gasteiger partial charge in [0, 0.05) is 0 Å². The summed E-state index contributed by atoms with van der Waals surface area (Å²) in [6.45, 7) is -8.97. The number of hydrogen-bond acceptors (Lipinski definition) is 16. The third-order valence-corrected chi connectivity index (χ3v) is 11.2. The number of fused-ring (bicyclic) bond motifs is 4. The van der Waals surface area contributed by atoms with E-state index in [1.165, 1.54) is 28.1 Å². The molecule has 3 aliphatic rings. The molecule has 4 aromatic heterocycles. The van der Waals surface area contributed by atoms with Gasteiger partial charge in [-0.2, -0.15) is 4.98 Å². The minimum absolute atomic E-state index is 0.0127. The molecular weight excluding hydrogens is 678 g/mol. The van der Waals surface area contributed by atoms with Gasteiger partial charge in [0.25, 0.3) is 5.56 Å². The normalized spacial score (nSPS) is 37.7. The molecule has 21 nitrogen and oxygen atoms in total. The first kappa shape index (κ1) is 31.0. The highest BCUT2D eigenvalue weighted by molar-refractivity contribution is 8.45. The Balaban J connectivity index is 1.17. The number of nitrogen functional groups attached to an aromatic ring is 2. The van der Waals surface area contributed by atoms with E-state index in [9.17, 15) is 24.1 Å². The summed E-state index contributed by atoms with van der Waals surface area (Å²) in [5, 5.41) is 28.0. The number of aliphatic hydroxyl groups is 2. The van der Waals surface area contributed by atoms with Gasteiger partial charge >= 0.3 is 13.4 Å². The number of imidazole rings is 2. The molecule has 0 radical (unpaired) electrons. The molecule has 0 amide bonds. The first-order valence-electron chi connectivity index (χ1n) is 13.1. The van der Waals surface area contributed by atoms with Crippen LogP contribution in [0, 0.1) is 0 Å². The number of ether oxygens (including phenoxy) is 2. The molecule has 0 aliphatic carbocycles. The molecule has 0 bridgehead atoms. The number of thiol groups is 2. The second kappa shape index (κ2) is 11.2. The number of nitrogens with two attached hydrogens (primary N) is 2. The number of hydrogen-bond donors (Lipinski definition) is 9. The summed E-state index contributed by atoms with van der Waals surface area (Å²) in [7, 11) is 0. The van der Waals surface area contributed by atoms with Crippen LogP contribution in [0.5, 0.6) is 0 Å². The molecule has 10 atom stereocenters. The van der Waals surface area contributed by atoms with Crippen molar-refractivity contribution in [2.75, 3.05) is 24.7 Å². The number of aromatic nitrogens is 8. The maximum atomic E-state index is 13.5. The lowest BCUT2D eigenvalue weighted by Crippen LogP contribution is -2.47. The Morgan fingerprint density at radius 3 is 1.96 bits per heavy atom. The molecule has 3 fully saturated rings. The highest BCUT2D eigenvalue weighted by atomic mass is 32.7. The molecule has 4 aromatic rings. The van der Waals surface area contributed by atoms with Gasteiger partial charge in [-0.25, -0.2) is 30.1 Å². The lowest BCUT2D eigenvalue weighted by molar-refractivity contribution is -0.0464. The van der Waals surface area contributed by atoms with Gasteiger partial charge < -0.3 is 40.2 Å². The molecule has 45 heavy (non-hydrogen) atoms. The van der Waals surface area contributed by atoms with Crippen molar-refractivity contribution >= 4 is 72.0 Å². The van der Waals surface area contributed by atoms with Crippen molar-refractivity contribution in [2.45, 2.75) is 49.0 Å². The van der Waals surface area contributed by atoms with E-state index in [4.69, 9.17) is 30.0 Å². The SMILES string of the molecule is Nc1nc2c(ncn2[C@@H]2O[C@@H]3CO[P@@](=O)(S)N[C@H]4[C@@H](O)[C@H](n5cnc6c(N)ncnc65)O[C@@H]4CO[P@](=O)(S)N[C@H]3[C@H]2O)c(=O)[nH]1. The fraction of sp³-hybridized carbons (Fsp3) is 0.500. The Kier molecular flexibility index (Phi) is 7.74. The second-order valence-electron chi connectivity index (χ2n) is 10.4. The van der Waals surface area contributed by atoms with Gasteiger partial charge in [0.2, 0.25) is 5.95 Å². The molecular formula is C20H26N12O9P2S2. The molecule has 3 saturated heterocycles. The molecule has 242 valence electrons. The van der Waals surface area contributed by atoms with Crippen LogP contribution in [0.4, 0.5) is 11.8 Å². The number of anilines is 2. The fourth-order valence-electron chi connectivity index (χ4n) is 5.53. The van der Waals surface area contributed by atoms with Gasteiger partial charge in [-0.3, -0.25) is 28.0 Å². The Morgan fingerprint density at radius 2 is 1.38 bits per heavy atom. The average Bonchev–Trinajstić information content (AvgIpc) is 3.72. The van der Waals surface area contributed by atoms with E-state index in [0.29, 0.717) is 0 Å². The van der Waals surface area contributed by atoms with Crippen molar-refractivity contribution < 1.29 is 37.9 Å². The van der Waals surface area contributed by atoms with Gasteiger partial charge in [-0.1, -0.05) is 24.5 Å². The first-order chi connectivity index (χ1) is 21.3. The summed E-state index contributed by atoms with van der Waals surface area (Å²) in [6, 6.07) is -2.31. The molecule has 9 N–H and O–H groups in total. The standard InChI is InChI=1S/C20H26N12O9P2S2/c21-14-10-15(24-3-23-14)31(4-25-10)18-12(33)8-6(40-18)1-38-43(37,45)30-9-7(2-39-42(36,44)29-8)41-19(13(9)34)32-5-26-11-16(32)27-20(22)28-17(11)35/h3-9,12-13,18-19,33-34H,1-2H2,(H2,21,23,24)(H2,29,36,44)(H2,30,37,45)(H3,22,27,28,35)/t6-,7-,8-,9-,12-,13-,18-,19-,42-,43+/m1/s1. The van der Waals surface area contributed by atoms with Crippen LogP contribution in [0.2, 0.25) is 0 Å². The molecule has 0 unspecified atom stereocenters. The average molecular weight is 705 g/mol. The maximum absolute atomic E-state index is 13.5. The summed E-state index contributed by atoms with van der Waals surface area (Å²) in [5.74, 6) is -0.0807. The summed E-state index contributed by atoms with van der Waals surface area (Å²) in [4.78, 5) is 35.0. The lowest BCUT2D eigenvalue weighted by Gasteiger charge is -2.30. The van der Waals surface area contributed by atoms with Crippen molar-refractivity contribution in [1.82, 2.24) is 49.2 Å². The van der Waals surface area contributed by atoms with Crippen LogP contribution in [0.1, 0.15) is 12.5 Å². The van der Waals surface area contributed by atoms with E-state index in [2.05, 4.69) is 64.6 Å². The zero-order valence-corrected chi connectivity index (χ0v) is 26.2. The number of H-pyrrole nitrogens is 1. The first-order valence-corrected chi connectivity index (χ1v) is 18.7. The highest BCUT2D eigenvalue weighted by Crippen LogP contribution is 2.54. The minimum atomic E-state index is -4.04. The van der Waals surface area contributed by atoms with Gasteiger partial charge in [-0.05, 0) is 0 Å². The van der Waals surface area contributed by atoms with E-state index in [1.54, 1.807) is 0 Å². The van der Waals surface area contributed by atoms with Crippen LogP contribution in [0.3, 0.4) is 0 Å². The van der Waals surface area contributed by atoms with Crippen molar-refractivity contribution in [3.63, 3.8) is 0 Å². The Labute approximate surface area is 261 Å². The monoisotopic (exact) mass is 704 g/mol. The van der Waals surface area contributed by atoms with Gasteiger partial charge in [-0.15, -0.1) is 0 Å². The predicted octanol–water partition coefficient (Wildman–Crippen LogP) is -1.32. The number of aromatic amines is 1. The zero-order valence-electron chi connectivity index (χ0n) is 22.6.